The number of ether oxygens (including phenoxy) is 1. The van der Waals surface area contributed by atoms with Gasteiger partial charge in [-0.3, -0.25) is 4.98 Å². The lowest BCUT2D eigenvalue weighted by molar-refractivity contribution is 0.0817. The average Bonchev–Trinajstić information content (AvgIpc) is 3.09. The Bertz CT molecular complexity index is 592. The second kappa shape index (κ2) is 6.79. The van der Waals surface area contributed by atoms with Gasteiger partial charge in [0, 0.05) is 37.1 Å². The first kappa shape index (κ1) is 14.8. The predicted molar refractivity (Wildman–Crippen MR) is 88.2 cm³/mol. The normalized spacial score (nSPS) is 20.7. The van der Waals surface area contributed by atoms with Crippen LogP contribution in [0.25, 0.3) is 11.4 Å². The van der Waals surface area contributed by atoms with Crippen molar-refractivity contribution in [2.75, 3.05) is 13.2 Å². The summed E-state index contributed by atoms with van der Waals surface area (Å²) in [5.74, 6) is 2.47. The minimum Gasteiger partial charge on any atom is -0.381 e. The summed E-state index contributed by atoms with van der Waals surface area (Å²) in [4.78, 5) is 9.15. The van der Waals surface area contributed by atoms with Crippen molar-refractivity contribution in [3.63, 3.8) is 0 Å². The lowest BCUT2D eigenvalue weighted by atomic mass is 9.94. The zero-order valence-corrected chi connectivity index (χ0v) is 13.5. The molecule has 0 bridgehead atoms. The van der Waals surface area contributed by atoms with E-state index in [4.69, 9.17) is 14.8 Å². The van der Waals surface area contributed by atoms with Crippen LogP contribution >= 0.6 is 0 Å². The maximum absolute atomic E-state index is 5.53. The molecule has 0 radical (unpaired) electrons. The Hall–Kier alpha value is -1.75. The number of rotatable bonds is 3. The molecule has 122 valence electrons. The number of nitrogens with zero attached hydrogens (tertiary/aromatic N) is 4. The van der Waals surface area contributed by atoms with Crippen molar-refractivity contribution >= 4 is 0 Å². The first-order valence-electron chi connectivity index (χ1n) is 8.86. The van der Waals surface area contributed by atoms with E-state index < -0.39 is 0 Å². The SMILES string of the molecule is c1cncc(-c2nc(C3CCOCC3)n(C3CCCCC3)n2)c1. The zero-order chi connectivity index (χ0) is 15.5. The van der Waals surface area contributed by atoms with Gasteiger partial charge in [-0.1, -0.05) is 19.3 Å². The van der Waals surface area contributed by atoms with Crippen LogP contribution in [-0.4, -0.2) is 33.0 Å². The average molecular weight is 312 g/mol. The number of pyridine rings is 1. The molecule has 4 rings (SSSR count). The Morgan fingerprint density at radius 1 is 1.04 bits per heavy atom. The van der Waals surface area contributed by atoms with Crippen LogP contribution in [0.4, 0.5) is 0 Å². The van der Waals surface area contributed by atoms with Crippen LogP contribution in [0.1, 0.15) is 62.7 Å². The Balaban J connectivity index is 1.70. The van der Waals surface area contributed by atoms with E-state index in [0.717, 1.165) is 37.4 Å². The molecule has 2 aromatic rings. The highest BCUT2D eigenvalue weighted by Crippen LogP contribution is 2.34. The Morgan fingerprint density at radius 2 is 1.87 bits per heavy atom. The van der Waals surface area contributed by atoms with Gasteiger partial charge in [-0.25, -0.2) is 9.67 Å². The third-order valence-corrected chi connectivity index (χ3v) is 5.08. The van der Waals surface area contributed by atoms with Crippen LogP contribution in [0.2, 0.25) is 0 Å². The third kappa shape index (κ3) is 3.15. The van der Waals surface area contributed by atoms with Crippen molar-refractivity contribution in [1.29, 1.82) is 0 Å². The van der Waals surface area contributed by atoms with Gasteiger partial charge in [0.05, 0.1) is 6.04 Å². The van der Waals surface area contributed by atoms with Crippen LogP contribution in [-0.2, 0) is 4.74 Å². The fraction of sp³-hybridized carbons (Fsp3) is 0.611. The van der Waals surface area contributed by atoms with E-state index in [-0.39, 0.29) is 0 Å². The molecule has 0 spiro atoms. The van der Waals surface area contributed by atoms with Gasteiger partial charge in [-0.05, 0) is 37.8 Å². The summed E-state index contributed by atoms with van der Waals surface area (Å²) >= 11 is 0. The molecule has 2 aliphatic rings. The Kier molecular flexibility index (Phi) is 4.37. The van der Waals surface area contributed by atoms with Gasteiger partial charge in [0.25, 0.3) is 0 Å². The first-order chi connectivity index (χ1) is 11.4. The van der Waals surface area contributed by atoms with Gasteiger partial charge >= 0.3 is 0 Å². The summed E-state index contributed by atoms with van der Waals surface area (Å²) in [5, 5.41) is 4.90. The third-order valence-electron chi connectivity index (χ3n) is 5.08. The fourth-order valence-electron chi connectivity index (χ4n) is 3.78. The quantitative estimate of drug-likeness (QED) is 0.866. The highest BCUT2D eigenvalue weighted by molar-refractivity contribution is 5.52. The standard InChI is InChI=1S/C18H24N4O/c1-2-6-16(7-3-1)22-18(14-8-11-23-12-9-14)20-17(21-22)15-5-4-10-19-13-15/h4-5,10,13-14,16H,1-3,6-9,11-12H2. The van der Waals surface area contributed by atoms with Crippen molar-refractivity contribution in [2.24, 2.45) is 0 Å². The Labute approximate surface area is 137 Å². The molecular weight excluding hydrogens is 288 g/mol. The monoisotopic (exact) mass is 312 g/mol. The van der Waals surface area contributed by atoms with E-state index in [0.29, 0.717) is 12.0 Å². The van der Waals surface area contributed by atoms with E-state index >= 15 is 0 Å². The maximum Gasteiger partial charge on any atom is 0.182 e. The summed E-state index contributed by atoms with van der Waals surface area (Å²) in [5.41, 5.74) is 1.01. The van der Waals surface area contributed by atoms with Gasteiger partial charge in [0.1, 0.15) is 5.82 Å². The number of hydrogen-bond acceptors (Lipinski definition) is 4. The lowest BCUT2D eigenvalue weighted by Crippen LogP contribution is -2.22. The van der Waals surface area contributed by atoms with Crippen molar-refractivity contribution in [1.82, 2.24) is 19.7 Å². The minimum absolute atomic E-state index is 0.476. The molecule has 1 saturated heterocycles. The van der Waals surface area contributed by atoms with Crippen molar-refractivity contribution in [3.8, 4) is 11.4 Å². The van der Waals surface area contributed by atoms with Crippen LogP contribution < -0.4 is 0 Å². The molecular formula is C18H24N4O. The first-order valence-corrected chi connectivity index (χ1v) is 8.86. The molecule has 0 aromatic carbocycles. The van der Waals surface area contributed by atoms with Gasteiger partial charge in [0.15, 0.2) is 5.82 Å². The molecule has 3 heterocycles. The van der Waals surface area contributed by atoms with E-state index in [2.05, 4.69) is 9.67 Å². The number of hydrogen-bond donors (Lipinski definition) is 0. The fourth-order valence-corrected chi connectivity index (χ4v) is 3.78. The van der Waals surface area contributed by atoms with Crippen molar-refractivity contribution in [3.05, 3.63) is 30.4 Å². The molecule has 5 nitrogen and oxygen atoms in total. The summed E-state index contributed by atoms with van der Waals surface area (Å²) in [7, 11) is 0. The van der Waals surface area contributed by atoms with Crippen LogP contribution in [0.5, 0.6) is 0 Å². The smallest absolute Gasteiger partial charge is 0.182 e. The maximum atomic E-state index is 5.53. The molecule has 0 N–H and O–H groups in total. The molecule has 0 unspecified atom stereocenters. The van der Waals surface area contributed by atoms with Crippen LogP contribution in [0, 0.1) is 0 Å². The largest absolute Gasteiger partial charge is 0.381 e. The molecule has 0 amide bonds. The highest BCUT2D eigenvalue weighted by atomic mass is 16.5. The van der Waals surface area contributed by atoms with Crippen molar-refractivity contribution < 1.29 is 4.74 Å². The Morgan fingerprint density at radius 3 is 2.61 bits per heavy atom. The lowest BCUT2D eigenvalue weighted by Gasteiger charge is -2.27. The molecule has 23 heavy (non-hydrogen) atoms. The summed E-state index contributed by atoms with van der Waals surface area (Å²) < 4.78 is 7.78. The van der Waals surface area contributed by atoms with Gasteiger partial charge < -0.3 is 4.74 Å². The van der Waals surface area contributed by atoms with Gasteiger partial charge in [-0.2, -0.15) is 5.10 Å². The van der Waals surface area contributed by atoms with Gasteiger partial charge in [-0.15, -0.1) is 0 Å². The zero-order valence-electron chi connectivity index (χ0n) is 13.5. The predicted octanol–water partition coefficient (Wildman–Crippen LogP) is 3.74. The van der Waals surface area contributed by atoms with Crippen molar-refractivity contribution in [2.45, 2.75) is 56.9 Å². The molecule has 2 aromatic heterocycles. The second-order valence-electron chi connectivity index (χ2n) is 6.66. The van der Waals surface area contributed by atoms with E-state index in [9.17, 15) is 0 Å². The number of aromatic nitrogens is 4. The molecule has 1 saturated carbocycles. The summed E-state index contributed by atoms with van der Waals surface area (Å²) in [6.07, 6.45) is 12.2. The van der Waals surface area contributed by atoms with Gasteiger partial charge in [0.2, 0.25) is 0 Å². The summed E-state index contributed by atoms with van der Waals surface area (Å²) in [6.45, 7) is 1.68. The topological polar surface area (TPSA) is 52.8 Å². The second-order valence-corrected chi connectivity index (χ2v) is 6.66. The van der Waals surface area contributed by atoms with E-state index in [1.54, 1.807) is 6.20 Å². The van der Waals surface area contributed by atoms with E-state index in [1.165, 1.54) is 37.9 Å². The molecule has 2 fully saturated rings. The molecule has 1 aliphatic heterocycles. The van der Waals surface area contributed by atoms with Crippen LogP contribution in [0.3, 0.4) is 0 Å². The molecule has 1 aliphatic carbocycles. The van der Waals surface area contributed by atoms with E-state index in [1.807, 2.05) is 18.3 Å². The summed E-state index contributed by atoms with van der Waals surface area (Å²) in [6, 6.07) is 4.51. The molecule has 5 heteroatoms. The van der Waals surface area contributed by atoms with Crippen LogP contribution in [0.15, 0.2) is 24.5 Å². The highest BCUT2D eigenvalue weighted by Gasteiger charge is 2.27. The molecule has 0 atom stereocenters. The minimum atomic E-state index is 0.476.